The highest BCUT2D eigenvalue weighted by molar-refractivity contribution is 6.05. The number of fused-ring (bicyclic) bond motifs is 4. The number of hydrogen-bond acceptors (Lipinski definition) is 1. The van der Waals surface area contributed by atoms with Gasteiger partial charge in [-0.3, -0.25) is 4.79 Å². The van der Waals surface area contributed by atoms with Gasteiger partial charge in [0.25, 0.3) is 0 Å². The van der Waals surface area contributed by atoms with Crippen LogP contribution < -0.4 is 0 Å². The summed E-state index contributed by atoms with van der Waals surface area (Å²) in [5.41, 5.74) is 3.55. The Kier molecular flexibility index (Phi) is 2.59. The van der Waals surface area contributed by atoms with Gasteiger partial charge in [-0.2, -0.15) is 0 Å². The van der Waals surface area contributed by atoms with Crippen molar-refractivity contribution >= 4 is 5.78 Å². The first-order chi connectivity index (χ1) is 9.92. The van der Waals surface area contributed by atoms with Crippen molar-refractivity contribution in [2.75, 3.05) is 0 Å². The van der Waals surface area contributed by atoms with Crippen LogP contribution >= 0.6 is 0 Å². The lowest BCUT2D eigenvalue weighted by molar-refractivity contribution is 0.0699. The molecule has 0 N–H and O–H groups in total. The maximum atomic E-state index is 13.5. The van der Waals surface area contributed by atoms with Crippen molar-refractivity contribution in [1.82, 2.24) is 0 Å². The van der Waals surface area contributed by atoms with E-state index in [1.54, 1.807) is 0 Å². The molecule has 1 saturated carbocycles. The standard InChI is InChI=1S/C20H24O/c1-19(2,3)16-6-4-5-14-9-10-20(18(21)17(14)16)12-13-7-8-15(20)11-13/h4-8,13,15H,9-12H2,1-3H3. The number of ketones is 1. The Labute approximate surface area is 127 Å². The minimum atomic E-state index is -0.0756. The lowest BCUT2D eigenvalue weighted by Gasteiger charge is -2.40. The van der Waals surface area contributed by atoms with Gasteiger partial charge in [0.2, 0.25) is 0 Å². The second-order valence-electron chi connectivity index (χ2n) is 8.27. The zero-order valence-electron chi connectivity index (χ0n) is 13.3. The molecule has 0 radical (unpaired) electrons. The van der Waals surface area contributed by atoms with E-state index in [0.29, 0.717) is 17.6 Å². The number of Topliss-reactive ketones (excluding diaryl/α,β-unsaturated/α-hetero) is 1. The molecule has 0 saturated heterocycles. The summed E-state index contributed by atoms with van der Waals surface area (Å²) in [7, 11) is 0. The fourth-order valence-electron chi connectivity index (χ4n) is 4.93. The molecule has 3 aliphatic carbocycles. The zero-order valence-corrected chi connectivity index (χ0v) is 13.3. The van der Waals surface area contributed by atoms with Crippen molar-refractivity contribution in [3.05, 3.63) is 47.0 Å². The molecular weight excluding hydrogens is 256 g/mol. The topological polar surface area (TPSA) is 17.1 Å². The lowest BCUT2D eigenvalue weighted by atomic mass is 9.61. The van der Waals surface area contributed by atoms with Crippen LogP contribution in [0.1, 0.15) is 61.5 Å². The van der Waals surface area contributed by atoms with Gasteiger partial charge in [-0.05, 0) is 54.1 Å². The van der Waals surface area contributed by atoms with Crippen molar-refractivity contribution < 1.29 is 4.79 Å². The molecule has 1 fully saturated rings. The average molecular weight is 280 g/mol. The average Bonchev–Trinajstić information content (AvgIpc) is 3.03. The van der Waals surface area contributed by atoms with Gasteiger partial charge >= 0.3 is 0 Å². The molecule has 0 amide bonds. The first kappa shape index (κ1) is 13.3. The van der Waals surface area contributed by atoms with E-state index in [2.05, 4.69) is 51.1 Å². The number of rotatable bonds is 0. The van der Waals surface area contributed by atoms with Gasteiger partial charge in [-0.15, -0.1) is 0 Å². The van der Waals surface area contributed by atoms with Crippen molar-refractivity contribution in [1.29, 1.82) is 0 Å². The SMILES string of the molecule is CC(C)(C)c1cccc2c1C(=O)C1(CC2)CC2C=CC1C2. The summed E-state index contributed by atoms with van der Waals surface area (Å²) in [5, 5.41) is 0. The number of allylic oxidation sites excluding steroid dienone is 2. The van der Waals surface area contributed by atoms with Crippen LogP contribution in [0.4, 0.5) is 0 Å². The highest BCUT2D eigenvalue weighted by Gasteiger charge is 2.55. The second-order valence-corrected chi connectivity index (χ2v) is 8.27. The van der Waals surface area contributed by atoms with Crippen LogP contribution in [-0.4, -0.2) is 5.78 Å². The first-order valence-corrected chi connectivity index (χ1v) is 8.27. The summed E-state index contributed by atoms with van der Waals surface area (Å²) in [6.07, 6.45) is 9.09. The van der Waals surface area contributed by atoms with E-state index < -0.39 is 0 Å². The highest BCUT2D eigenvalue weighted by Crippen LogP contribution is 2.58. The van der Waals surface area contributed by atoms with Crippen LogP contribution in [0, 0.1) is 17.3 Å². The normalized spacial score (nSPS) is 33.8. The molecule has 0 heterocycles. The molecule has 1 spiro atoms. The number of hydrogen-bond donors (Lipinski definition) is 0. The number of benzene rings is 1. The summed E-state index contributed by atoms with van der Waals surface area (Å²) in [6.45, 7) is 6.66. The smallest absolute Gasteiger partial charge is 0.170 e. The number of carbonyl (C=O) groups is 1. The second kappa shape index (κ2) is 4.09. The molecule has 3 aliphatic rings. The highest BCUT2D eigenvalue weighted by atomic mass is 16.1. The summed E-state index contributed by atoms with van der Waals surface area (Å²) in [6, 6.07) is 6.46. The number of carbonyl (C=O) groups excluding carboxylic acids is 1. The monoisotopic (exact) mass is 280 g/mol. The Bertz CT molecular complexity index is 646. The Hall–Kier alpha value is -1.37. The quantitative estimate of drug-likeness (QED) is 0.630. The Morgan fingerprint density at radius 2 is 2.00 bits per heavy atom. The summed E-state index contributed by atoms with van der Waals surface area (Å²) < 4.78 is 0. The predicted octanol–water partition coefficient (Wildman–Crippen LogP) is 4.70. The van der Waals surface area contributed by atoms with Gasteiger partial charge < -0.3 is 0 Å². The van der Waals surface area contributed by atoms with E-state index in [1.165, 1.54) is 17.5 Å². The summed E-state index contributed by atoms with van der Waals surface area (Å²) >= 11 is 0. The van der Waals surface area contributed by atoms with Crippen LogP contribution in [0.3, 0.4) is 0 Å². The molecular formula is C20H24O. The van der Waals surface area contributed by atoms with Crippen LogP contribution in [-0.2, 0) is 11.8 Å². The fraction of sp³-hybridized carbons (Fsp3) is 0.550. The Morgan fingerprint density at radius 3 is 2.62 bits per heavy atom. The summed E-state index contributed by atoms with van der Waals surface area (Å²) in [5.74, 6) is 1.60. The molecule has 3 atom stereocenters. The maximum Gasteiger partial charge on any atom is 0.170 e. The third kappa shape index (κ3) is 1.73. The Balaban J connectivity index is 1.87. The molecule has 21 heavy (non-hydrogen) atoms. The molecule has 0 aromatic heterocycles. The van der Waals surface area contributed by atoms with Gasteiger partial charge in [0, 0.05) is 11.0 Å². The number of aryl methyl sites for hydroxylation is 1. The van der Waals surface area contributed by atoms with Crippen molar-refractivity contribution in [2.45, 2.75) is 51.9 Å². The van der Waals surface area contributed by atoms with Crippen LogP contribution in [0.15, 0.2) is 30.4 Å². The molecule has 1 aromatic rings. The van der Waals surface area contributed by atoms with Crippen molar-refractivity contribution in [2.24, 2.45) is 17.3 Å². The van der Waals surface area contributed by atoms with Crippen LogP contribution in [0.5, 0.6) is 0 Å². The van der Waals surface area contributed by atoms with E-state index in [-0.39, 0.29) is 10.8 Å². The third-order valence-corrected chi connectivity index (χ3v) is 5.99. The maximum absolute atomic E-state index is 13.5. The molecule has 1 aromatic carbocycles. The first-order valence-electron chi connectivity index (χ1n) is 8.27. The zero-order chi connectivity index (χ0) is 14.8. The molecule has 3 unspecified atom stereocenters. The Morgan fingerprint density at radius 1 is 1.19 bits per heavy atom. The van der Waals surface area contributed by atoms with Crippen LogP contribution in [0.2, 0.25) is 0 Å². The van der Waals surface area contributed by atoms with Crippen molar-refractivity contribution in [3.63, 3.8) is 0 Å². The van der Waals surface area contributed by atoms with Crippen molar-refractivity contribution in [3.8, 4) is 0 Å². The van der Waals surface area contributed by atoms with E-state index >= 15 is 0 Å². The van der Waals surface area contributed by atoms with E-state index in [4.69, 9.17) is 0 Å². The molecule has 110 valence electrons. The van der Waals surface area contributed by atoms with Gasteiger partial charge in [0.05, 0.1) is 0 Å². The summed E-state index contributed by atoms with van der Waals surface area (Å²) in [4.78, 5) is 13.5. The van der Waals surface area contributed by atoms with E-state index in [1.807, 2.05) is 0 Å². The van der Waals surface area contributed by atoms with Gasteiger partial charge in [-0.25, -0.2) is 0 Å². The van der Waals surface area contributed by atoms with Gasteiger partial charge in [0.15, 0.2) is 5.78 Å². The lowest BCUT2D eigenvalue weighted by Crippen LogP contribution is -2.40. The van der Waals surface area contributed by atoms with Gasteiger partial charge in [-0.1, -0.05) is 51.1 Å². The molecule has 1 nitrogen and oxygen atoms in total. The molecule has 4 rings (SSSR count). The molecule has 2 bridgehead atoms. The van der Waals surface area contributed by atoms with Crippen LogP contribution in [0.25, 0.3) is 0 Å². The molecule has 1 heteroatoms. The van der Waals surface area contributed by atoms with Gasteiger partial charge in [0.1, 0.15) is 0 Å². The fourth-order valence-corrected chi connectivity index (χ4v) is 4.93. The largest absolute Gasteiger partial charge is 0.294 e. The van der Waals surface area contributed by atoms with E-state index in [0.717, 1.165) is 24.8 Å². The van der Waals surface area contributed by atoms with E-state index in [9.17, 15) is 4.79 Å². The third-order valence-electron chi connectivity index (χ3n) is 5.99. The molecule has 0 aliphatic heterocycles. The predicted molar refractivity (Wildman–Crippen MR) is 85.6 cm³/mol. The minimum Gasteiger partial charge on any atom is -0.294 e. The minimum absolute atomic E-state index is 0.0347.